The molecule has 0 aliphatic carbocycles. The normalized spacial score (nSPS) is 12.0. The number of methoxy groups -OCH3 is 2. The van der Waals surface area contributed by atoms with E-state index in [0.29, 0.717) is 34.2 Å². The summed E-state index contributed by atoms with van der Waals surface area (Å²) in [5, 5.41) is 32.1. The van der Waals surface area contributed by atoms with Crippen molar-refractivity contribution in [2.24, 2.45) is 20.5 Å². The monoisotopic (exact) mass is 707 g/mol. The van der Waals surface area contributed by atoms with Crippen molar-refractivity contribution in [2.75, 3.05) is 24.9 Å². The number of aromatic hydroxyl groups is 1. The number of ether oxygens (including phenoxy) is 2. The highest BCUT2D eigenvalue weighted by Gasteiger charge is 2.18. The molecule has 0 radical (unpaired) electrons. The van der Waals surface area contributed by atoms with E-state index in [-0.39, 0.29) is 33.9 Å². The lowest BCUT2D eigenvalue weighted by Crippen LogP contribution is -2.03. The van der Waals surface area contributed by atoms with Crippen molar-refractivity contribution < 1.29 is 43.3 Å². The van der Waals surface area contributed by atoms with Crippen LogP contribution in [0, 0.1) is 0 Å². The molecule has 0 amide bonds. The number of hydrogen-bond donors (Lipinski definition) is 7. The van der Waals surface area contributed by atoms with Gasteiger partial charge in [0.1, 0.15) is 22.9 Å². The number of anilines is 4. The van der Waals surface area contributed by atoms with E-state index in [1.807, 2.05) is 0 Å². The molecule has 1 aromatic heterocycles. The Labute approximate surface area is 277 Å². The lowest BCUT2D eigenvalue weighted by atomic mass is 10.2. The Morgan fingerprint density at radius 3 is 1.41 bits per heavy atom. The van der Waals surface area contributed by atoms with Crippen molar-refractivity contribution in [2.45, 2.75) is 0 Å². The highest BCUT2D eigenvalue weighted by molar-refractivity contribution is 7.60. The van der Waals surface area contributed by atoms with E-state index in [1.54, 1.807) is 48.5 Å². The topological polar surface area (TPSA) is 266 Å². The fraction of sp³-hybridized carbons (Fsp3) is 0.0690. The number of nitrogens with zero attached hydrogens (tertiary/aromatic N) is 7. The van der Waals surface area contributed by atoms with Gasteiger partial charge in [0, 0.05) is 23.5 Å². The maximum atomic E-state index is 11.5. The second-order valence-corrected chi connectivity index (χ2v) is 13.0. The summed E-state index contributed by atoms with van der Waals surface area (Å²) in [4.78, 5) is 49.7. The van der Waals surface area contributed by atoms with E-state index in [9.17, 15) is 33.8 Å². The Hall–Kier alpha value is -5.61. The molecule has 0 saturated carbocycles. The minimum absolute atomic E-state index is 0.0180. The molecule has 5 rings (SSSR count). The molecule has 1 heterocycles. The highest BCUT2D eigenvalue weighted by Crippen LogP contribution is 2.37. The fourth-order valence-corrected chi connectivity index (χ4v) is 5.27. The predicted octanol–water partition coefficient (Wildman–Crippen LogP) is 5.52. The molecule has 4 aromatic carbocycles. The van der Waals surface area contributed by atoms with Gasteiger partial charge in [-0.1, -0.05) is 12.1 Å². The Morgan fingerprint density at radius 1 is 0.592 bits per heavy atom. The van der Waals surface area contributed by atoms with Crippen molar-refractivity contribution in [1.29, 1.82) is 0 Å². The molecule has 0 saturated heterocycles. The summed E-state index contributed by atoms with van der Waals surface area (Å²) in [6.45, 7) is 0. The molecule has 0 aliphatic rings. The Balaban J connectivity index is 1.30. The third-order valence-electron chi connectivity index (χ3n) is 6.37. The Bertz CT molecular complexity index is 2010. The zero-order valence-electron chi connectivity index (χ0n) is 25.5. The van der Waals surface area contributed by atoms with E-state index in [2.05, 4.69) is 46.0 Å². The predicted molar refractivity (Wildman–Crippen MR) is 179 cm³/mol. The average Bonchev–Trinajstić information content (AvgIpc) is 3.06. The van der Waals surface area contributed by atoms with E-state index in [1.165, 1.54) is 50.6 Å². The summed E-state index contributed by atoms with van der Waals surface area (Å²) >= 11 is 0. The van der Waals surface area contributed by atoms with Crippen LogP contribution in [0.25, 0.3) is 0 Å². The van der Waals surface area contributed by atoms with Crippen molar-refractivity contribution in [3.8, 4) is 17.5 Å². The number of hydrogen-bond acceptors (Lipinski definition) is 14. The molecule has 20 heteroatoms. The van der Waals surface area contributed by atoms with Crippen molar-refractivity contribution >= 4 is 71.8 Å². The Kier molecular flexibility index (Phi) is 10.4. The van der Waals surface area contributed by atoms with E-state index in [0.717, 1.165) is 0 Å². The van der Waals surface area contributed by atoms with E-state index < -0.39 is 21.2 Å². The van der Waals surface area contributed by atoms with Crippen LogP contribution in [-0.2, 0) is 9.13 Å². The smallest absolute Gasteiger partial charge is 0.356 e. The minimum Gasteiger partial charge on any atom is -0.494 e. The van der Waals surface area contributed by atoms with Crippen LogP contribution in [0.15, 0.2) is 105 Å². The standard InChI is InChI=1S/C29H27N9O9P2/c1-46-25-15-17(9-11-23(25)37-35-19-5-3-7-21(13-19)48(40,41)42)30-27-32-28(34-29(39)33-27)31-18-10-12-24(26(16-18)47-2)38-36-20-6-4-8-22(14-20)49(43,44)45/h3-16H,1-2H3,(H2,40,41,42)(H2,43,44,45)(H3,30,31,32,33,34,39)/b37-35+,38-36?. The molecule has 7 N–H and O–H groups in total. The molecule has 5 aromatic rings. The van der Waals surface area contributed by atoms with Gasteiger partial charge in [0.15, 0.2) is 0 Å². The van der Waals surface area contributed by atoms with Crippen LogP contribution in [0.4, 0.5) is 46.0 Å². The van der Waals surface area contributed by atoms with Gasteiger partial charge in [-0.15, -0.1) is 10.2 Å². The van der Waals surface area contributed by atoms with Crippen LogP contribution < -0.4 is 30.7 Å². The number of rotatable bonds is 12. The molecule has 0 spiro atoms. The van der Waals surface area contributed by atoms with E-state index >= 15 is 0 Å². The number of nitrogens with one attached hydrogen (secondary N) is 2. The van der Waals surface area contributed by atoms with Crippen LogP contribution in [0.2, 0.25) is 0 Å². The molecule has 18 nitrogen and oxygen atoms in total. The first kappa shape index (κ1) is 34.7. The van der Waals surface area contributed by atoms with Gasteiger partial charge in [-0.05, 0) is 60.7 Å². The Morgan fingerprint density at radius 2 is 1.02 bits per heavy atom. The van der Waals surface area contributed by atoms with Crippen LogP contribution in [0.3, 0.4) is 0 Å². The molecule has 0 aliphatic heterocycles. The molecule has 0 bridgehead atoms. The first-order valence-electron chi connectivity index (χ1n) is 13.8. The lowest BCUT2D eigenvalue weighted by Gasteiger charge is -2.11. The third kappa shape index (κ3) is 9.27. The SMILES string of the molecule is COc1cc(Nc2nc(O)nc(Nc3ccc(/N=N/c4cccc(P(=O)(O)O)c4)c(OC)c3)n2)ccc1N=Nc1cccc(P(=O)(O)O)c1. The van der Waals surface area contributed by atoms with Gasteiger partial charge in [-0.25, -0.2) is 0 Å². The summed E-state index contributed by atoms with van der Waals surface area (Å²) < 4.78 is 33.9. The van der Waals surface area contributed by atoms with Gasteiger partial charge in [0.25, 0.3) is 0 Å². The summed E-state index contributed by atoms with van der Waals surface area (Å²) in [5.41, 5.74) is 2.02. The molecule has 0 fully saturated rings. The van der Waals surface area contributed by atoms with Gasteiger partial charge >= 0.3 is 21.2 Å². The number of aromatic nitrogens is 3. The van der Waals surface area contributed by atoms with E-state index in [4.69, 9.17) is 9.47 Å². The largest absolute Gasteiger partial charge is 0.494 e. The second-order valence-electron chi connectivity index (χ2n) is 9.83. The molecule has 0 atom stereocenters. The van der Waals surface area contributed by atoms with Gasteiger partial charge in [0.05, 0.1) is 36.2 Å². The molecule has 49 heavy (non-hydrogen) atoms. The van der Waals surface area contributed by atoms with Gasteiger partial charge < -0.3 is 44.8 Å². The zero-order valence-corrected chi connectivity index (χ0v) is 27.3. The van der Waals surface area contributed by atoms with Crippen LogP contribution in [0.5, 0.6) is 17.5 Å². The first-order chi connectivity index (χ1) is 23.3. The number of azo groups is 2. The fourth-order valence-electron chi connectivity index (χ4n) is 4.11. The second kappa shape index (κ2) is 14.7. The maximum absolute atomic E-state index is 11.5. The molecular weight excluding hydrogens is 680 g/mol. The first-order valence-corrected chi connectivity index (χ1v) is 17.0. The van der Waals surface area contributed by atoms with Crippen molar-refractivity contribution in [3.05, 3.63) is 84.9 Å². The highest BCUT2D eigenvalue weighted by atomic mass is 31.2. The molecule has 252 valence electrons. The van der Waals surface area contributed by atoms with Crippen LogP contribution in [0.1, 0.15) is 0 Å². The van der Waals surface area contributed by atoms with Gasteiger partial charge in [-0.3, -0.25) is 9.13 Å². The summed E-state index contributed by atoms with van der Waals surface area (Å²) in [6, 6.07) is 20.1. The average molecular weight is 708 g/mol. The molecule has 0 unspecified atom stereocenters. The van der Waals surface area contributed by atoms with Gasteiger partial charge in [0.2, 0.25) is 11.9 Å². The summed E-state index contributed by atoms with van der Waals surface area (Å²) in [7, 11) is -6.05. The van der Waals surface area contributed by atoms with Crippen molar-refractivity contribution in [1.82, 2.24) is 15.0 Å². The number of benzene rings is 4. The minimum atomic E-state index is -4.45. The molecular formula is C29H27N9O9P2. The lowest BCUT2D eigenvalue weighted by molar-refractivity contribution is 0.385. The van der Waals surface area contributed by atoms with Crippen LogP contribution >= 0.6 is 15.2 Å². The maximum Gasteiger partial charge on any atom is 0.356 e. The van der Waals surface area contributed by atoms with Gasteiger partial charge in [-0.2, -0.15) is 25.2 Å². The van der Waals surface area contributed by atoms with Crippen molar-refractivity contribution in [3.63, 3.8) is 0 Å². The third-order valence-corrected chi connectivity index (χ3v) is 8.28. The quantitative estimate of drug-likeness (QED) is 0.0622. The zero-order chi connectivity index (χ0) is 35.2. The summed E-state index contributed by atoms with van der Waals surface area (Å²) in [6.07, 6.45) is 0. The van der Waals surface area contributed by atoms with Crippen LogP contribution in [-0.4, -0.2) is 53.9 Å². The summed E-state index contributed by atoms with van der Waals surface area (Å²) in [5.74, 6) is 0.567.